The summed E-state index contributed by atoms with van der Waals surface area (Å²) in [6.07, 6.45) is 12.0. The molecule has 140 valence electrons. The molecule has 1 aromatic rings. The Balaban J connectivity index is 1.70. The lowest BCUT2D eigenvalue weighted by atomic mass is 9.62. The van der Waals surface area contributed by atoms with Gasteiger partial charge in [0.05, 0.1) is 6.04 Å². The molecule has 3 atom stereocenters. The number of hydrogen-bond acceptors (Lipinski definition) is 5. The van der Waals surface area contributed by atoms with Crippen LogP contribution in [-0.2, 0) is 4.79 Å². The number of allylic oxidation sites excluding steroid dienone is 4. The molecule has 3 unspecified atom stereocenters. The smallest absolute Gasteiger partial charge is 0.170 e. The highest BCUT2D eigenvalue weighted by Gasteiger charge is 2.53. The van der Waals surface area contributed by atoms with Crippen molar-refractivity contribution in [3.63, 3.8) is 0 Å². The second-order valence-electron chi connectivity index (χ2n) is 8.37. The molecule has 1 aromatic heterocycles. The zero-order valence-corrected chi connectivity index (χ0v) is 16.0. The summed E-state index contributed by atoms with van der Waals surface area (Å²) < 4.78 is 0. The van der Waals surface area contributed by atoms with Crippen LogP contribution in [0.4, 0.5) is 0 Å². The van der Waals surface area contributed by atoms with Crippen LogP contribution in [0.2, 0.25) is 0 Å². The van der Waals surface area contributed by atoms with Crippen molar-refractivity contribution >= 4 is 12.1 Å². The van der Waals surface area contributed by atoms with E-state index in [1.807, 2.05) is 13.8 Å². The van der Waals surface area contributed by atoms with Crippen molar-refractivity contribution in [3.8, 4) is 0 Å². The first-order valence-electron chi connectivity index (χ1n) is 9.41. The Morgan fingerprint density at radius 3 is 2.70 bits per heavy atom. The number of nitrogens with one attached hydrogen (secondary N) is 2. The first-order chi connectivity index (χ1) is 12.9. The summed E-state index contributed by atoms with van der Waals surface area (Å²) in [5, 5.41) is 6.87. The van der Waals surface area contributed by atoms with Gasteiger partial charge in [-0.2, -0.15) is 0 Å². The van der Waals surface area contributed by atoms with Crippen LogP contribution in [0.3, 0.4) is 0 Å². The number of aromatic nitrogens is 1. The van der Waals surface area contributed by atoms with E-state index in [1.54, 1.807) is 24.5 Å². The zero-order valence-electron chi connectivity index (χ0n) is 16.0. The van der Waals surface area contributed by atoms with E-state index in [9.17, 15) is 9.59 Å². The van der Waals surface area contributed by atoms with Crippen molar-refractivity contribution in [1.29, 1.82) is 0 Å². The van der Waals surface area contributed by atoms with Crippen LogP contribution < -0.4 is 10.6 Å². The Hall–Kier alpha value is -2.69. The minimum atomic E-state index is -0.600. The van der Waals surface area contributed by atoms with Crippen LogP contribution in [-0.4, -0.2) is 29.1 Å². The largest absolute Gasteiger partial charge is 0.387 e. The molecule has 0 radical (unpaired) electrons. The molecule has 5 heteroatoms. The van der Waals surface area contributed by atoms with Gasteiger partial charge in [0.1, 0.15) is 6.29 Å². The van der Waals surface area contributed by atoms with Gasteiger partial charge in [-0.1, -0.05) is 19.9 Å². The quantitative estimate of drug-likeness (QED) is 0.636. The van der Waals surface area contributed by atoms with Crippen LogP contribution in [0.1, 0.15) is 44.0 Å². The molecule has 3 heterocycles. The predicted molar refractivity (Wildman–Crippen MR) is 104 cm³/mol. The third-order valence-corrected chi connectivity index (χ3v) is 6.41. The molecule has 1 fully saturated rings. The summed E-state index contributed by atoms with van der Waals surface area (Å²) in [6, 6.07) is 3.32. The average molecular weight is 363 g/mol. The van der Waals surface area contributed by atoms with Gasteiger partial charge in [0.15, 0.2) is 5.78 Å². The topological polar surface area (TPSA) is 71.1 Å². The van der Waals surface area contributed by atoms with Crippen molar-refractivity contribution in [1.82, 2.24) is 15.6 Å². The van der Waals surface area contributed by atoms with E-state index >= 15 is 0 Å². The Kier molecular flexibility index (Phi) is 4.06. The van der Waals surface area contributed by atoms with E-state index < -0.39 is 5.41 Å². The van der Waals surface area contributed by atoms with Gasteiger partial charge in [-0.15, -0.1) is 0 Å². The van der Waals surface area contributed by atoms with E-state index in [-0.39, 0.29) is 23.3 Å². The number of rotatable bonds is 4. The van der Waals surface area contributed by atoms with E-state index in [2.05, 4.69) is 40.9 Å². The van der Waals surface area contributed by atoms with Crippen molar-refractivity contribution in [2.24, 2.45) is 10.8 Å². The van der Waals surface area contributed by atoms with Crippen LogP contribution in [0.5, 0.6) is 0 Å². The molecule has 27 heavy (non-hydrogen) atoms. The molecule has 0 aromatic carbocycles. The summed E-state index contributed by atoms with van der Waals surface area (Å²) in [6.45, 7) is 6.10. The summed E-state index contributed by atoms with van der Waals surface area (Å²) in [4.78, 5) is 28.7. The van der Waals surface area contributed by atoms with Gasteiger partial charge in [0.2, 0.25) is 0 Å². The van der Waals surface area contributed by atoms with Crippen molar-refractivity contribution in [3.05, 3.63) is 65.3 Å². The summed E-state index contributed by atoms with van der Waals surface area (Å²) in [7, 11) is 0. The standard InChI is InChI=1S/C22H25N3O2/c1-14-4-5-18-22(10-16(13-26)25-18)11-19(24-12-17(14)22)21(2,3)20(27)15-6-8-23-9-7-15/h4-9,12-13,16,19,24-25H,10-11H2,1-3H3. The maximum atomic E-state index is 13.2. The van der Waals surface area contributed by atoms with E-state index in [1.165, 1.54) is 11.1 Å². The number of carbonyl (C=O) groups excluding carboxylic acids is 2. The number of hydrogen-bond donors (Lipinski definition) is 2. The van der Waals surface area contributed by atoms with Gasteiger partial charge in [-0.25, -0.2) is 0 Å². The van der Waals surface area contributed by atoms with Gasteiger partial charge in [0.25, 0.3) is 0 Å². The van der Waals surface area contributed by atoms with Gasteiger partial charge in [-0.3, -0.25) is 9.78 Å². The highest BCUT2D eigenvalue weighted by atomic mass is 16.1. The van der Waals surface area contributed by atoms with Crippen LogP contribution in [0.15, 0.2) is 59.7 Å². The lowest BCUT2D eigenvalue weighted by Gasteiger charge is -2.46. The number of nitrogens with zero attached hydrogens (tertiary/aromatic N) is 1. The first kappa shape index (κ1) is 17.7. The Morgan fingerprint density at radius 1 is 1.26 bits per heavy atom. The number of Topliss-reactive ketones (excluding diaryl/α,β-unsaturated/α-hetero) is 1. The van der Waals surface area contributed by atoms with E-state index in [0.29, 0.717) is 5.56 Å². The third-order valence-electron chi connectivity index (χ3n) is 6.41. The molecule has 0 amide bonds. The Bertz CT molecular complexity index is 882. The van der Waals surface area contributed by atoms with Gasteiger partial charge < -0.3 is 15.4 Å². The van der Waals surface area contributed by atoms with Crippen molar-refractivity contribution < 1.29 is 9.59 Å². The fourth-order valence-electron chi connectivity index (χ4n) is 4.74. The highest BCUT2D eigenvalue weighted by Crippen LogP contribution is 2.54. The van der Waals surface area contributed by atoms with Crippen LogP contribution in [0, 0.1) is 10.8 Å². The SMILES string of the molecule is CC1=CC=C2NC(C=O)CC23CC(C(C)(C)C(=O)c2ccncc2)NC=C13. The molecule has 0 saturated carbocycles. The molecular formula is C22H25N3O2. The molecule has 3 aliphatic rings. The van der Waals surface area contributed by atoms with Crippen molar-refractivity contribution in [2.75, 3.05) is 0 Å². The second-order valence-corrected chi connectivity index (χ2v) is 8.37. The lowest BCUT2D eigenvalue weighted by Crippen LogP contribution is -2.51. The predicted octanol–water partition coefficient (Wildman–Crippen LogP) is 2.93. The number of ketones is 1. The lowest BCUT2D eigenvalue weighted by molar-refractivity contribution is -0.109. The number of carbonyl (C=O) groups is 2. The third kappa shape index (κ3) is 2.64. The zero-order chi connectivity index (χ0) is 19.2. The summed E-state index contributed by atoms with van der Waals surface area (Å²) in [5.74, 6) is 0.0992. The normalized spacial score (nSPS) is 29.2. The molecule has 4 rings (SSSR count). The Morgan fingerprint density at radius 2 is 2.00 bits per heavy atom. The summed E-state index contributed by atoms with van der Waals surface area (Å²) >= 11 is 0. The van der Waals surface area contributed by atoms with Gasteiger partial charge in [-0.05, 0) is 49.1 Å². The fourth-order valence-corrected chi connectivity index (χ4v) is 4.74. The fraction of sp³-hybridized carbons (Fsp3) is 0.409. The molecule has 0 bridgehead atoms. The van der Waals surface area contributed by atoms with Crippen molar-refractivity contribution in [2.45, 2.75) is 45.7 Å². The van der Waals surface area contributed by atoms with Gasteiger partial charge in [0, 0.05) is 46.7 Å². The highest BCUT2D eigenvalue weighted by molar-refractivity contribution is 6.00. The molecule has 1 spiro atoms. The van der Waals surface area contributed by atoms with Gasteiger partial charge >= 0.3 is 0 Å². The monoisotopic (exact) mass is 363 g/mol. The summed E-state index contributed by atoms with van der Waals surface area (Å²) in [5.41, 5.74) is 3.37. The molecule has 5 nitrogen and oxygen atoms in total. The molecule has 1 aliphatic carbocycles. The maximum Gasteiger partial charge on any atom is 0.170 e. The first-order valence-corrected chi connectivity index (χ1v) is 9.41. The Labute approximate surface area is 159 Å². The average Bonchev–Trinajstić information content (AvgIpc) is 3.05. The van der Waals surface area contributed by atoms with E-state index in [4.69, 9.17) is 0 Å². The molecule has 2 N–H and O–H groups in total. The van der Waals surface area contributed by atoms with Crippen LogP contribution in [0.25, 0.3) is 0 Å². The number of aldehydes is 1. The minimum Gasteiger partial charge on any atom is -0.387 e. The minimum absolute atomic E-state index is 0.0385. The maximum absolute atomic E-state index is 13.2. The second kappa shape index (κ2) is 6.19. The molecule has 2 aliphatic heterocycles. The van der Waals surface area contributed by atoms with Crippen LogP contribution >= 0.6 is 0 Å². The number of pyridine rings is 1. The molecule has 1 saturated heterocycles. The molecular weight excluding hydrogens is 338 g/mol. The van der Waals surface area contributed by atoms with E-state index in [0.717, 1.165) is 24.8 Å².